The highest BCUT2D eigenvalue weighted by Gasteiger charge is 2.15. The first-order valence-electron chi connectivity index (χ1n) is 4.59. The summed E-state index contributed by atoms with van der Waals surface area (Å²) in [5.41, 5.74) is -0.520. The molecule has 0 aliphatic carbocycles. The summed E-state index contributed by atoms with van der Waals surface area (Å²) in [7, 11) is 0. The van der Waals surface area contributed by atoms with Crippen LogP contribution in [0.5, 0.6) is 0 Å². The van der Waals surface area contributed by atoms with E-state index in [1.807, 2.05) is 0 Å². The molecule has 1 atom stereocenters. The number of non-ortho nitro benzene ring substituents is 1. The zero-order valence-corrected chi connectivity index (χ0v) is 8.81. The third-order valence-electron chi connectivity index (χ3n) is 1.95. The number of nitriles is 1. The number of hydrogen-bond acceptors (Lipinski definition) is 4. The fourth-order valence-corrected chi connectivity index (χ4v) is 1.06. The minimum absolute atomic E-state index is 0.0520. The van der Waals surface area contributed by atoms with Crippen LogP contribution in [0.2, 0.25) is 0 Å². The van der Waals surface area contributed by atoms with Crippen molar-refractivity contribution in [2.24, 2.45) is 5.92 Å². The van der Waals surface area contributed by atoms with Gasteiger partial charge in [0.15, 0.2) is 0 Å². The lowest BCUT2D eigenvalue weighted by molar-refractivity contribution is -0.385. The summed E-state index contributed by atoms with van der Waals surface area (Å²) in [6, 6.07) is 4.40. The van der Waals surface area contributed by atoms with E-state index in [0.29, 0.717) is 0 Å². The molecule has 88 valence electrons. The smallest absolute Gasteiger partial charge is 0.274 e. The summed E-state index contributed by atoms with van der Waals surface area (Å²) >= 11 is 0. The van der Waals surface area contributed by atoms with Crippen LogP contribution in [-0.2, 0) is 4.79 Å². The summed E-state index contributed by atoms with van der Waals surface area (Å²) in [4.78, 5) is 21.0. The molecule has 0 aliphatic heterocycles. The predicted molar refractivity (Wildman–Crippen MR) is 56.5 cm³/mol. The minimum atomic E-state index is -0.919. The van der Waals surface area contributed by atoms with Gasteiger partial charge in [-0.15, -0.1) is 0 Å². The molecule has 17 heavy (non-hydrogen) atoms. The van der Waals surface area contributed by atoms with E-state index in [9.17, 15) is 19.3 Å². The lowest BCUT2D eigenvalue weighted by Gasteiger charge is -2.06. The topological polar surface area (TPSA) is 96.0 Å². The van der Waals surface area contributed by atoms with Crippen LogP contribution in [0, 0.1) is 33.2 Å². The van der Waals surface area contributed by atoms with Crippen LogP contribution in [0.3, 0.4) is 0 Å². The fourth-order valence-electron chi connectivity index (χ4n) is 1.06. The molecule has 1 unspecified atom stereocenters. The molecule has 0 fully saturated rings. The number of nitrogens with one attached hydrogen (secondary N) is 1. The summed E-state index contributed by atoms with van der Waals surface area (Å²) in [6.45, 7) is 1.36. The molecule has 1 aromatic rings. The standard InChI is InChI=1S/C10H8FN3O3/c1-6(5-12)10(15)13-8-2-7(11)3-9(4-8)14(16)17/h2-4,6H,1H3,(H,13,15). The molecule has 0 radical (unpaired) electrons. The second-order valence-corrected chi connectivity index (χ2v) is 3.30. The maximum atomic E-state index is 13.0. The van der Waals surface area contributed by atoms with E-state index >= 15 is 0 Å². The Hall–Kier alpha value is -2.49. The predicted octanol–water partition coefficient (Wildman–Crippen LogP) is 1.83. The quantitative estimate of drug-likeness (QED) is 0.640. The Morgan fingerprint density at radius 1 is 1.59 bits per heavy atom. The van der Waals surface area contributed by atoms with Gasteiger partial charge in [0.05, 0.1) is 22.7 Å². The highest BCUT2D eigenvalue weighted by molar-refractivity contribution is 5.94. The first-order valence-corrected chi connectivity index (χ1v) is 4.59. The molecule has 0 aromatic heterocycles. The van der Waals surface area contributed by atoms with Gasteiger partial charge in [0.25, 0.3) is 5.69 Å². The van der Waals surface area contributed by atoms with Crippen molar-refractivity contribution in [3.8, 4) is 6.07 Å². The summed E-state index contributed by atoms with van der Waals surface area (Å²) in [5.74, 6) is -2.40. The average molecular weight is 237 g/mol. The number of rotatable bonds is 3. The van der Waals surface area contributed by atoms with Gasteiger partial charge in [-0.3, -0.25) is 14.9 Å². The molecule has 7 heteroatoms. The van der Waals surface area contributed by atoms with Crippen LogP contribution in [0.1, 0.15) is 6.92 Å². The van der Waals surface area contributed by atoms with Gasteiger partial charge in [0, 0.05) is 6.07 Å². The number of halogens is 1. The number of carbonyl (C=O) groups excluding carboxylic acids is 1. The second-order valence-electron chi connectivity index (χ2n) is 3.30. The lowest BCUT2D eigenvalue weighted by atomic mass is 10.2. The highest BCUT2D eigenvalue weighted by atomic mass is 19.1. The van der Waals surface area contributed by atoms with E-state index in [4.69, 9.17) is 5.26 Å². The van der Waals surface area contributed by atoms with Crippen LogP contribution in [-0.4, -0.2) is 10.8 Å². The summed E-state index contributed by atoms with van der Waals surface area (Å²) in [6.07, 6.45) is 0. The van der Waals surface area contributed by atoms with Crippen LogP contribution in [0.25, 0.3) is 0 Å². The van der Waals surface area contributed by atoms with Crippen molar-refractivity contribution in [2.75, 3.05) is 5.32 Å². The Morgan fingerprint density at radius 3 is 2.76 bits per heavy atom. The van der Waals surface area contributed by atoms with Gasteiger partial charge in [-0.1, -0.05) is 0 Å². The highest BCUT2D eigenvalue weighted by Crippen LogP contribution is 2.20. The first-order chi connectivity index (χ1) is 7.93. The van der Waals surface area contributed by atoms with E-state index in [-0.39, 0.29) is 5.69 Å². The number of nitrogens with zero attached hydrogens (tertiary/aromatic N) is 2. The molecule has 1 aromatic carbocycles. The van der Waals surface area contributed by atoms with Crippen LogP contribution >= 0.6 is 0 Å². The summed E-state index contributed by atoms with van der Waals surface area (Å²) < 4.78 is 13.0. The van der Waals surface area contributed by atoms with Gasteiger partial charge in [0.2, 0.25) is 5.91 Å². The van der Waals surface area contributed by atoms with E-state index < -0.39 is 28.3 Å². The van der Waals surface area contributed by atoms with Crippen molar-refractivity contribution in [1.82, 2.24) is 0 Å². The molecule has 1 rings (SSSR count). The van der Waals surface area contributed by atoms with Crippen LogP contribution < -0.4 is 5.32 Å². The number of amides is 1. The van der Waals surface area contributed by atoms with Gasteiger partial charge in [-0.25, -0.2) is 4.39 Å². The third-order valence-corrected chi connectivity index (χ3v) is 1.95. The normalized spacial score (nSPS) is 11.4. The molecule has 0 saturated heterocycles. The average Bonchev–Trinajstić information content (AvgIpc) is 2.26. The fraction of sp³-hybridized carbons (Fsp3) is 0.200. The molecule has 6 nitrogen and oxygen atoms in total. The molecular formula is C10H8FN3O3. The van der Waals surface area contributed by atoms with Crippen molar-refractivity contribution >= 4 is 17.3 Å². The molecule has 0 spiro atoms. The van der Waals surface area contributed by atoms with Crippen molar-refractivity contribution in [1.29, 1.82) is 5.26 Å². The minimum Gasteiger partial charge on any atom is -0.325 e. The molecule has 1 N–H and O–H groups in total. The van der Waals surface area contributed by atoms with E-state index in [0.717, 1.165) is 18.2 Å². The Balaban J connectivity index is 2.96. The number of hydrogen-bond donors (Lipinski definition) is 1. The monoisotopic (exact) mass is 237 g/mol. The zero-order chi connectivity index (χ0) is 13.0. The molecular weight excluding hydrogens is 229 g/mol. The maximum absolute atomic E-state index is 13.0. The molecule has 1 amide bonds. The van der Waals surface area contributed by atoms with Crippen molar-refractivity contribution < 1.29 is 14.1 Å². The number of benzene rings is 1. The van der Waals surface area contributed by atoms with Crippen LogP contribution in [0.4, 0.5) is 15.8 Å². The van der Waals surface area contributed by atoms with Crippen LogP contribution in [0.15, 0.2) is 18.2 Å². The number of nitro groups is 1. The molecule has 0 heterocycles. The van der Waals surface area contributed by atoms with E-state index in [1.165, 1.54) is 6.92 Å². The molecule has 0 saturated carbocycles. The molecule has 0 bridgehead atoms. The van der Waals surface area contributed by atoms with Gasteiger partial charge in [-0.2, -0.15) is 5.26 Å². The Kier molecular flexibility index (Phi) is 3.72. The third kappa shape index (κ3) is 3.24. The van der Waals surface area contributed by atoms with Crippen molar-refractivity contribution in [3.05, 3.63) is 34.1 Å². The SMILES string of the molecule is CC(C#N)C(=O)Nc1cc(F)cc([N+](=O)[O-])c1. The number of anilines is 1. The molecule has 0 aliphatic rings. The van der Waals surface area contributed by atoms with E-state index in [1.54, 1.807) is 6.07 Å². The lowest BCUT2D eigenvalue weighted by Crippen LogP contribution is -2.19. The van der Waals surface area contributed by atoms with Gasteiger partial charge < -0.3 is 5.32 Å². The largest absolute Gasteiger partial charge is 0.325 e. The zero-order valence-electron chi connectivity index (χ0n) is 8.81. The Labute approximate surface area is 95.8 Å². The van der Waals surface area contributed by atoms with Gasteiger partial charge >= 0.3 is 0 Å². The van der Waals surface area contributed by atoms with Crippen molar-refractivity contribution in [2.45, 2.75) is 6.92 Å². The second kappa shape index (κ2) is 5.03. The number of nitro benzene ring substituents is 1. The van der Waals surface area contributed by atoms with Gasteiger partial charge in [-0.05, 0) is 13.0 Å². The first kappa shape index (κ1) is 12.6. The Morgan fingerprint density at radius 2 is 2.24 bits per heavy atom. The Bertz CT molecular complexity index is 510. The number of carbonyl (C=O) groups is 1. The summed E-state index contributed by atoms with van der Waals surface area (Å²) in [5, 5.41) is 21.2. The van der Waals surface area contributed by atoms with E-state index in [2.05, 4.69) is 5.32 Å². The maximum Gasteiger partial charge on any atom is 0.274 e. The van der Waals surface area contributed by atoms with Gasteiger partial charge in [0.1, 0.15) is 11.7 Å². The van der Waals surface area contributed by atoms with Crippen molar-refractivity contribution in [3.63, 3.8) is 0 Å².